The molecule has 14 heavy (non-hydrogen) atoms. The van der Waals surface area contributed by atoms with Crippen LogP contribution < -0.4 is 0 Å². The summed E-state index contributed by atoms with van der Waals surface area (Å²) in [6.07, 6.45) is 5.36. The number of hydrogen-bond donors (Lipinski definition) is 0. The quantitative estimate of drug-likeness (QED) is 0.485. The van der Waals surface area contributed by atoms with E-state index in [9.17, 15) is 9.59 Å². The van der Waals surface area contributed by atoms with Crippen LogP contribution in [-0.2, 0) is 9.59 Å². The fourth-order valence-electron chi connectivity index (χ4n) is 3.16. The van der Waals surface area contributed by atoms with E-state index in [0.29, 0.717) is 17.8 Å². The van der Waals surface area contributed by atoms with Gasteiger partial charge in [-0.1, -0.05) is 6.92 Å². The summed E-state index contributed by atoms with van der Waals surface area (Å²) in [5.74, 6) is 1.33. The Morgan fingerprint density at radius 2 is 1.43 bits per heavy atom. The van der Waals surface area contributed by atoms with Crippen molar-refractivity contribution in [2.75, 3.05) is 0 Å². The van der Waals surface area contributed by atoms with Crippen molar-refractivity contribution in [2.24, 2.45) is 27.7 Å². The van der Waals surface area contributed by atoms with Crippen LogP contribution in [0.15, 0.2) is 9.98 Å². The largest absolute Gasteiger partial charge is 0.235 e. The molecule has 2 bridgehead atoms. The maximum Gasteiger partial charge on any atom is 0.235 e. The Bertz CT molecular complexity index is 297. The Labute approximate surface area is 82.1 Å². The molecule has 0 saturated heterocycles. The second-order valence-corrected chi connectivity index (χ2v) is 4.19. The zero-order valence-electron chi connectivity index (χ0n) is 8.01. The van der Waals surface area contributed by atoms with Crippen molar-refractivity contribution in [3.63, 3.8) is 0 Å². The lowest BCUT2D eigenvalue weighted by Crippen LogP contribution is -2.29. The fraction of sp³-hybridized carbons (Fsp3) is 0.800. The summed E-state index contributed by atoms with van der Waals surface area (Å²) in [6.45, 7) is 2.15. The monoisotopic (exact) mass is 192 g/mol. The number of rotatable bonds is 2. The summed E-state index contributed by atoms with van der Waals surface area (Å²) >= 11 is 0. The molecule has 2 saturated carbocycles. The van der Waals surface area contributed by atoms with Gasteiger partial charge in [-0.15, -0.1) is 0 Å². The minimum absolute atomic E-state index is 0.123. The van der Waals surface area contributed by atoms with Gasteiger partial charge in [-0.25, -0.2) is 9.59 Å². The third kappa shape index (κ3) is 1.16. The normalized spacial score (nSPS) is 44.2. The molecule has 4 heteroatoms. The molecule has 2 rings (SSSR count). The average molecular weight is 192 g/mol. The summed E-state index contributed by atoms with van der Waals surface area (Å²) in [7, 11) is 0. The Morgan fingerprint density at radius 3 is 1.79 bits per heavy atom. The number of isocyanates is 2. The van der Waals surface area contributed by atoms with Crippen molar-refractivity contribution >= 4 is 12.2 Å². The molecule has 4 unspecified atom stereocenters. The summed E-state index contributed by atoms with van der Waals surface area (Å²) in [5, 5.41) is 0. The van der Waals surface area contributed by atoms with Crippen molar-refractivity contribution in [1.82, 2.24) is 0 Å². The smallest absolute Gasteiger partial charge is 0.211 e. The van der Waals surface area contributed by atoms with E-state index in [0.717, 1.165) is 12.8 Å². The van der Waals surface area contributed by atoms with Crippen LogP contribution in [0, 0.1) is 17.8 Å². The zero-order chi connectivity index (χ0) is 10.1. The average Bonchev–Trinajstić information content (AvgIpc) is 2.64. The first-order chi connectivity index (χ1) is 6.79. The number of fused-ring (bicyclic) bond motifs is 2. The predicted octanol–water partition coefficient (Wildman–Crippen LogP) is 1.07. The van der Waals surface area contributed by atoms with Crippen molar-refractivity contribution in [3.8, 4) is 0 Å². The maximum atomic E-state index is 10.3. The highest BCUT2D eigenvalue weighted by atomic mass is 16.1. The summed E-state index contributed by atoms with van der Waals surface area (Å²) in [6, 6.07) is -0.245. The van der Waals surface area contributed by atoms with Crippen LogP contribution in [0.3, 0.4) is 0 Å². The molecule has 0 radical (unpaired) electrons. The third-order valence-corrected chi connectivity index (χ3v) is 3.81. The van der Waals surface area contributed by atoms with E-state index in [-0.39, 0.29) is 12.1 Å². The van der Waals surface area contributed by atoms with Gasteiger partial charge in [-0.05, 0) is 30.6 Å². The van der Waals surface area contributed by atoms with Crippen LogP contribution in [0.1, 0.15) is 19.8 Å². The molecule has 0 amide bonds. The molecule has 0 aromatic rings. The van der Waals surface area contributed by atoms with E-state index in [4.69, 9.17) is 0 Å². The molecule has 0 aromatic carbocycles. The second-order valence-electron chi connectivity index (χ2n) is 4.19. The lowest BCUT2D eigenvalue weighted by atomic mass is 9.91. The maximum absolute atomic E-state index is 10.3. The van der Waals surface area contributed by atoms with E-state index in [1.54, 1.807) is 12.2 Å². The molecule has 4 atom stereocenters. The summed E-state index contributed by atoms with van der Waals surface area (Å²) in [5.41, 5.74) is 0. The van der Waals surface area contributed by atoms with Crippen molar-refractivity contribution in [2.45, 2.75) is 31.8 Å². The molecule has 74 valence electrons. The third-order valence-electron chi connectivity index (χ3n) is 3.81. The van der Waals surface area contributed by atoms with E-state index in [1.165, 1.54) is 0 Å². The van der Waals surface area contributed by atoms with Crippen LogP contribution in [0.2, 0.25) is 0 Å². The summed E-state index contributed by atoms with van der Waals surface area (Å²) in [4.78, 5) is 28.1. The molecule has 0 spiro atoms. The van der Waals surface area contributed by atoms with Crippen LogP contribution in [0.4, 0.5) is 0 Å². The van der Waals surface area contributed by atoms with Crippen LogP contribution >= 0.6 is 0 Å². The van der Waals surface area contributed by atoms with Gasteiger partial charge >= 0.3 is 0 Å². The van der Waals surface area contributed by atoms with Gasteiger partial charge in [0.15, 0.2) is 0 Å². The Kier molecular flexibility index (Phi) is 2.32. The van der Waals surface area contributed by atoms with Crippen molar-refractivity contribution in [3.05, 3.63) is 0 Å². The van der Waals surface area contributed by atoms with E-state index >= 15 is 0 Å². The molecule has 2 aliphatic carbocycles. The summed E-state index contributed by atoms with van der Waals surface area (Å²) < 4.78 is 0. The Hall–Kier alpha value is -1.24. The predicted molar refractivity (Wildman–Crippen MR) is 49.2 cm³/mol. The minimum Gasteiger partial charge on any atom is -0.211 e. The van der Waals surface area contributed by atoms with Crippen molar-refractivity contribution in [1.29, 1.82) is 0 Å². The number of hydrogen-bond acceptors (Lipinski definition) is 4. The molecule has 0 aliphatic heterocycles. The highest BCUT2D eigenvalue weighted by Crippen LogP contribution is 2.51. The number of carbonyl (C=O) groups excluding carboxylic acids is 2. The van der Waals surface area contributed by atoms with Gasteiger partial charge in [-0.2, -0.15) is 9.98 Å². The second kappa shape index (κ2) is 3.49. The highest BCUT2D eigenvalue weighted by Gasteiger charge is 2.53. The molecule has 0 heterocycles. The first-order valence-corrected chi connectivity index (χ1v) is 4.93. The zero-order valence-corrected chi connectivity index (χ0v) is 8.01. The molecule has 2 fully saturated rings. The van der Waals surface area contributed by atoms with Gasteiger partial charge in [-0.3, -0.25) is 0 Å². The lowest BCUT2D eigenvalue weighted by Gasteiger charge is -2.21. The molecular formula is C10H12N2O2. The molecule has 0 aromatic heterocycles. The first-order valence-electron chi connectivity index (χ1n) is 4.93. The van der Waals surface area contributed by atoms with E-state index in [2.05, 4.69) is 16.9 Å². The van der Waals surface area contributed by atoms with Gasteiger partial charge in [0.1, 0.15) is 0 Å². The van der Waals surface area contributed by atoms with E-state index in [1.807, 2.05) is 0 Å². The Morgan fingerprint density at radius 1 is 1.00 bits per heavy atom. The van der Waals surface area contributed by atoms with Gasteiger partial charge in [0, 0.05) is 0 Å². The molecule has 2 aliphatic rings. The SMILES string of the molecule is CC1C2CCC1C(N=C=O)C2N=C=O. The Balaban J connectivity index is 2.30. The van der Waals surface area contributed by atoms with Crippen LogP contribution in [0.25, 0.3) is 0 Å². The lowest BCUT2D eigenvalue weighted by molar-refractivity contribution is 0.366. The molecular weight excluding hydrogens is 180 g/mol. The topological polar surface area (TPSA) is 58.9 Å². The van der Waals surface area contributed by atoms with Gasteiger partial charge in [0.05, 0.1) is 12.1 Å². The van der Waals surface area contributed by atoms with Crippen LogP contribution in [0.5, 0.6) is 0 Å². The van der Waals surface area contributed by atoms with E-state index < -0.39 is 0 Å². The standard InChI is InChI=1S/C10H12N2O2/c1-6-7-2-3-8(6)10(12-5-14)9(7)11-4-13/h6-10H,2-3H2,1H3. The van der Waals surface area contributed by atoms with Gasteiger partial charge in [0.2, 0.25) is 12.2 Å². The number of aliphatic imine (C=N–C) groups is 2. The highest BCUT2D eigenvalue weighted by molar-refractivity contribution is 5.37. The minimum atomic E-state index is -0.123. The van der Waals surface area contributed by atoms with Gasteiger partial charge in [0.25, 0.3) is 0 Å². The molecule has 4 nitrogen and oxygen atoms in total. The first kappa shape index (κ1) is 9.32. The number of nitrogens with zero attached hydrogens (tertiary/aromatic N) is 2. The van der Waals surface area contributed by atoms with Crippen molar-refractivity contribution < 1.29 is 9.59 Å². The van der Waals surface area contributed by atoms with Crippen LogP contribution in [-0.4, -0.2) is 24.2 Å². The fourth-order valence-corrected chi connectivity index (χ4v) is 3.16. The molecule has 0 N–H and O–H groups in total. The van der Waals surface area contributed by atoms with Gasteiger partial charge < -0.3 is 0 Å².